The molecule has 1 aromatic carbocycles. The molecule has 1 atom stereocenters. The van der Waals surface area contributed by atoms with Crippen molar-refractivity contribution in [3.63, 3.8) is 0 Å². The standard InChI is InChI=1S/C23H29FN6/c1-16-19(13-29(4)27-16)15-30-10-6-8-18(14-30)22-21(12-25-23(26-22)28(2)3)17-7-5-9-20(24)11-17/h5,7,9,11-13,18H,6,8,10,14-15H2,1-4H3. The zero-order valence-electron chi connectivity index (χ0n) is 18.1. The van der Waals surface area contributed by atoms with E-state index in [2.05, 4.69) is 28.1 Å². The number of piperidine rings is 1. The molecule has 158 valence electrons. The summed E-state index contributed by atoms with van der Waals surface area (Å²) in [6.07, 6.45) is 6.12. The zero-order valence-corrected chi connectivity index (χ0v) is 18.1. The summed E-state index contributed by atoms with van der Waals surface area (Å²) in [6, 6.07) is 6.71. The van der Waals surface area contributed by atoms with Gasteiger partial charge in [-0.3, -0.25) is 9.58 Å². The number of likely N-dealkylation sites (tertiary alicyclic amines) is 1. The highest BCUT2D eigenvalue weighted by Gasteiger charge is 2.26. The Morgan fingerprint density at radius 3 is 2.80 bits per heavy atom. The van der Waals surface area contributed by atoms with Gasteiger partial charge in [0.25, 0.3) is 0 Å². The van der Waals surface area contributed by atoms with Crippen molar-refractivity contribution in [2.45, 2.75) is 32.2 Å². The summed E-state index contributed by atoms with van der Waals surface area (Å²) in [5.41, 5.74) is 5.10. The largest absolute Gasteiger partial charge is 0.347 e. The third-order valence-electron chi connectivity index (χ3n) is 5.74. The molecule has 1 unspecified atom stereocenters. The Hall–Kier alpha value is -2.80. The minimum Gasteiger partial charge on any atom is -0.347 e. The van der Waals surface area contributed by atoms with Crippen molar-refractivity contribution in [3.8, 4) is 11.1 Å². The number of nitrogens with zero attached hydrogens (tertiary/aromatic N) is 6. The molecule has 0 amide bonds. The summed E-state index contributed by atoms with van der Waals surface area (Å²) in [6.45, 7) is 4.93. The smallest absolute Gasteiger partial charge is 0.225 e. The lowest BCUT2D eigenvalue weighted by molar-refractivity contribution is 0.198. The number of aromatic nitrogens is 4. The van der Waals surface area contributed by atoms with Gasteiger partial charge in [-0.05, 0) is 44.0 Å². The summed E-state index contributed by atoms with van der Waals surface area (Å²) in [5.74, 6) is 0.716. The lowest BCUT2D eigenvalue weighted by Crippen LogP contribution is -2.34. The molecule has 1 aliphatic heterocycles. The van der Waals surface area contributed by atoms with Crippen LogP contribution in [0.1, 0.15) is 35.7 Å². The predicted octanol–water partition coefficient (Wildman–Crippen LogP) is 3.77. The highest BCUT2D eigenvalue weighted by atomic mass is 19.1. The summed E-state index contributed by atoms with van der Waals surface area (Å²) >= 11 is 0. The van der Waals surface area contributed by atoms with E-state index in [-0.39, 0.29) is 11.7 Å². The Balaban J connectivity index is 1.65. The molecule has 1 aliphatic rings. The van der Waals surface area contributed by atoms with Crippen molar-refractivity contribution >= 4 is 5.95 Å². The van der Waals surface area contributed by atoms with E-state index in [1.807, 2.05) is 43.0 Å². The summed E-state index contributed by atoms with van der Waals surface area (Å²) in [5, 5.41) is 4.48. The molecule has 0 spiro atoms. The molecule has 0 radical (unpaired) electrons. The molecular weight excluding hydrogens is 379 g/mol. The van der Waals surface area contributed by atoms with Crippen molar-refractivity contribution in [2.75, 3.05) is 32.1 Å². The van der Waals surface area contributed by atoms with Gasteiger partial charge in [0.15, 0.2) is 0 Å². The van der Waals surface area contributed by atoms with Crippen molar-refractivity contribution < 1.29 is 4.39 Å². The summed E-state index contributed by atoms with van der Waals surface area (Å²) < 4.78 is 15.8. The molecule has 0 N–H and O–H groups in total. The minimum absolute atomic E-state index is 0.243. The first-order chi connectivity index (χ1) is 14.4. The van der Waals surface area contributed by atoms with Crippen LogP contribution in [0.4, 0.5) is 10.3 Å². The van der Waals surface area contributed by atoms with Crippen LogP contribution in [0.3, 0.4) is 0 Å². The Kier molecular flexibility index (Phi) is 5.81. The van der Waals surface area contributed by atoms with Gasteiger partial charge in [0, 0.05) is 63.7 Å². The van der Waals surface area contributed by atoms with E-state index in [1.54, 1.807) is 12.1 Å². The molecule has 3 heterocycles. The quantitative estimate of drug-likeness (QED) is 0.643. The first-order valence-electron chi connectivity index (χ1n) is 10.4. The SMILES string of the molecule is Cc1nn(C)cc1CN1CCCC(c2nc(N(C)C)ncc2-c2cccc(F)c2)C1. The van der Waals surface area contributed by atoms with Crippen LogP contribution in [0.15, 0.2) is 36.7 Å². The molecule has 6 nitrogen and oxygen atoms in total. The second-order valence-corrected chi connectivity index (χ2v) is 8.36. The number of benzene rings is 1. The van der Waals surface area contributed by atoms with Gasteiger partial charge in [0.1, 0.15) is 5.82 Å². The van der Waals surface area contributed by atoms with Crippen molar-refractivity contribution in [1.82, 2.24) is 24.6 Å². The van der Waals surface area contributed by atoms with E-state index in [1.165, 1.54) is 11.6 Å². The van der Waals surface area contributed by atoms with E-state index in [9.17, 15) is 4.39 Å². The molecule has 4 rings (SSSR count). The maximum Gasteiger partial charge on any atom is 0.225 e. The average Bonchev–Trinajstić information content (AvgIpc) is 3.04. The maximum absolute atomic E-state index is 13.9. The summed E-state index contributed by atoms with van der Waals surface area (Å²) in [7, 11) is 5.85. The molecular formula is C23H29FN6. The molecule has 3 aromatic rings. The maximum atomic E-state index is 13.9. The van der Waals surface area contributed by atoms with Crippen LogP contribution in [0.25, 0.3) is 11.1 Å². The number of anilines is 1. The normalized spacial score (nSPS) is 17.3. The number of halogens is 1. The molecule has 2 aromatic heterocycles. The van der Waals surface area contributed by atoms with Crippen LogP contribution in [0.5, 0.6) is 0 Å². The molecule has 30 heavy (non-hydrogen) atoms. The molecule has 0 bridgehead atoms. The van der Waals surface area contributed by atoms with Gasteiger partial charge in [0.05, 0.1) is 11.4 Å². The Morgan fingerprint density at radius 1 is 1.27 bits per heavy atom. The Morgan fingerprint density at radius 2 is 2.10 bits per heavy atom. The number of rotatable bonds is 5. The minimum atomic E-state index is -0.243. The number of aryl methyl sites for hydroxylation is 2. The van der Waals surface area contributed by atoms with Crippen molar-refractivity contribution in [2.24, 2.45) is 7.05 Å². The lowest BCUT2D eigenvalue weighted by Gasteiger charge is -2.33. The van der Waals surface area contributed by atoms with Crippen LogP contribution in [-0.4, -0.2) is 51.8 Å². The van der Waals surface area contributed by atoms with E-state index in [0.29, 0.717) is 5.95 Å². The van der Waals surface area contributed by atoms with Gasteiger partial charge in [-0.15, -0.1) is 0 Å². The summed E-state index contributed by atoms with van der Waals surface area (Å²) in [4.78, 5) is 13.8. The fourth-order valence-electron chi connectivity index (χ4n) is 4.26. The first-order valence-corrected chi connectivity index (χ1v) is 10.4. The van der Waals surface area contributed by atoms with E-state index in [0.717, 1.165) is 55.0 Å². The van der Waals surface area contributed by atoms with Crippen LogP contribution >= 0.6 is 0 Å². The van der Waals surface area contributed by atoms with Gasteiger partial charge >= 0.3 is 0 Å². The van der Waals surface area contributed by atoms with E-state index >= 15 is 0 Å². The third kappa shape index (κ3) is 4.36. The molecule has 7 heteroatoms. The van der Waals surface area contributed by atoms with Crippen LogP contribution < -0.4 is 4.90 Å². The van der Waals surface area contributed by atoms with Crippen molar-refractivity contribution in [1.29, 1.82) is 0 Å². The van der Waals surface area contributed by atoms with Gasteiger partial charge < -0.3 is 4.90 Å². The zero-order chi connectivity index (χ0) is 21.3. The third-order valence-corrected chi connectivity index (χ3v) is 5.74. The number of hydrogen-bond acceptors (Lipinski definition) is 5. The lowest BCUT2D eigenvalue weighted by atomic mass is 9.89. The highest BCUT2D eigenvalue weighted by Crippen LogP contribution is 2.34. The highest BCUT2D eigenvalue weighted by molar-refractivity contribution is 5.66. The van der Waals surface area contributed by atoms with E-state index < -0.39 is 0 Å². The van der Waals surface area contributed by atoms with Crippen LogP contribution in [-0.2, 0) is 13.6 Å². The fourth-order valence-corrected chi connectivity index (χ4v) is 4.26. The fraction of sp³-hybridized carbons (Fsp3) is 0.435. The van der Waals surface area contributed by atoms with Gasteiger partial charge in [-0.25, -0.2) is 14.4 Å². The first kappa shape index (κ1) is 20.5. The number of hydrogen-bond donors (Lipinski definition) is 0. The molecule has 0 saturated carbocycles. The monoisotopic (exact) mass is 408 g/mol. The van der Waals surface area contributed by atoms with Crippen LogP contribution in [0.2, 0.25) is 0 Å². The van der Waals surface area contributed by atoms with Gasteiger partial charge in [0.2, 0.25) is 5.95 Å². The van der Waals surface area contributed by atoms with E-state index in [4.69, 9.17) is 4.98 Å². The second kappa shape index (κ2) is 8.52. The topological polar surface area (TPSA) is 50.1 Å². The van der Waals surface area contributed by atoms with Crippen LogP contribution in [0, 0.1) is 12.7 Å². The Labute approximate surface area is 177 Å². The Bertz CT molecular complexity index is 1030. The predicted molar refractivity (Wildman–Crippen MR) is 117 cm³/mol. The van der Waals surface area contributed by atoms with Gasteiger partial charge in [-0.2, -0.15) is 5.10 Å². The van der Waals surface area contributed by atoms with Gasteiger partial charge in [-0.1, -0.05) is 12.1 Å². The molecule has 0 aliphatic carbocycles. The molecule has 1 saturated heterocycles. The van der Waals surface area contributed by atoms with Crippen molar-refractivity contribution in [3.05, 3.63) is 59.4 Å². The molecule has 1 fully saturated rings. The second-order valence-electron chi connectivity index (χ2n) is 8.36. The average molecular weight is 409 g/mol.